The van der Waals surface area contributed by atoms with Crippen molar-refractivity contribution in [3.63, 3.8) is 0 Å². The molecule has 25 heavy (non-hydrogen) atoms. The Balaban J connectivity index is 1.89. The van der Waals surface area contributed by atoms with Crippen molar-refractivity contribution in [3.05, 3.63) is 64.5 Å². The third-order valence-corrected chi connectivity index (χ3v) is 5.94. The molecule has 2 aromatic rings. The van der Waals surface area contributed by atoms with Crippen LogP contribution in [0.2, 0.25) is 0 Å². The molecular formula is C22H23NO2. The van der Waals surface area contributed by atoms with E-state index in [0.29, 0.717) is 17.4 Å². The summed E-state index contributed by atoms with van der Waals surface area (Å²) in [5.41, 5.74) is 5.87. The van der Waals surface area contributed by atoms with E-state index >= 15 is 0 Å². The highest BCUT2D eigenvalue weighted by molar-refractivity contribution is 6.24. The van der Waals surface area contributed by atoms with E-state index in [0.717, 1.165) is 47.1 Å². The highest BCUT2D eigenvalue weighted by Crippen LogP contribution is 2.46. The van der Waals surface area contributed by atoms with E-state index in [9.17, 15) is 10.0 Å². The van der Waals surface area contributed by atoms with Crippen LogP contribution in [0.5, 0.6) is 0 Å². The van der Waals surface area contributed by atoms with Crippen molar-refractivity contribution in [3.8, 4) is 11.3 Å². The summed E-state index contributed by atoms with van der Waals surface area (Å²) in [4.78, 5) is 13.1. The lowest BCUT2D eigenvalue weighted by Crippen LogP contribution is -2.28. The summed E-state index contributed by atoms with van der Waals surface area (Å²) < 4.78 is 0.887. The molecule has 0 amide bonds. The van der Waals surface area contributed by atoms with Crippen molar-refractivity contribution in [2.24, 2.45) is 11.8 Å². The van der Waals surface area contributed by atoms with Gasteiger partial charge in [-0.2, -0.15) is 4.73 Å². The molecule has 0 aliphatic heterocycles. The molecule has 2 aliphatic carbocycles. The van der Waals surface area contributed by atoms with Gasteiger partial charge >= 0.3 is 0 Å². The largest absolute Gasteiger partial charge is 0.618 e. The number of aromatic nitrogens is 1. The lowest BCUT2D eigenvalue weighted by molar-refractivity contribution is -0.593. The van der Waals surface area contributed by atoms with Gasteiger partial charge in [-0.15, -0.1) is 0 Å². The first kappa shape index (κ1) is 16.1. The maximum Gasteiger partial charge on any atom is 0.223 e. The summed E-state index contributed by atoms with van der Waals surface area (Å²) in [6, 6.07) is 11.5. The maximum atomic E-state index is 13.1. The second-order valence-corrected chi connectivity index (χ2v) is 7.27. The van der Waals surface area contributed by atoms with E-state index < -0.39 is 0 Å². The number of ketones is 1. The summed E-state index contributed by atoms with van der Waals surface area (Å²) in [5.74, 6) is 1.05. The molecule has 4 rings (SSSR count). The van der Waals surface area contributed by atoms with E-state index in [1.54, 1.807) is 6.07 Å². The average Bonchev–Trinajstić information content (AvgIpc) is 3.08. The number of carbonyl (C=O) groups excluding carboxylic acids is 1. The molecule has 2 aliphatic rings. The topological polar surface area (TPSA) is 44.0 Å². The highest BCUT2D eigenvalue weighted by Gasteiger charge is 2.39. The summed E-state index contributed by atoms with van der Waals surface area (Å²) >= 11 is 0. The van der Waals surface area contributed by atoms with E-state index in [1.165, 1.54) is 17.3 Å². The fourth-order valence-electron chi connectivity index (χ4n) is 4.49. The zero-order valence-corrected chi connectivity index (χ0v) is 14.8. The number of pyridine rings is 1. The van der Waals surface area contributed by atoms with E-state index in [2.05, 4.69) is 19.9 Å². The molecule has 3 nitrogen and oxygen atoms in total. The zero-order valence-electron chi connectivity index (χ0n) is 14.8. The van der Waals surface area contributed by atoms with Gasteiger partial charge in [0.15, 0.2) is 12.0 Å². The predicted molar refractivity (Wildman–Crippen MR) is 98.6 cm³/mol. The Labute approximate surface area is 148 Å². The van der Waals surface area contributed by atoms with Gasteiger partial charge in [0.2, 0.25) is 5.69 Å². The van der Waals surface area contributed by atoms with Gasteiger partial charge in [0.25, 0.3) is 0 Å². The highest BCUT2D eigenvalue weighted by atomic mass is 16.5. The lowest BCUT2D eigenvalue weighted by atomic mass is 9.78. The Morgan fingerprint density at radius 1 is 1.16 bits per heavy atom. The van der Waals surface area contributed by atoms with Gasteiger partial charge in [0.1, 0.15) is 0 Å². The van der Waals surface area contributed by atoms with E-state index in [-0.39, 0.29) is 5.92 Å². The van der Waals surface area contributed by atoms with E-state index in [1.807, 2.05) is 24.3 Å². The Morgan fingerprint density at radius 2 is 1.96 bits per heavy atom. The van der Waals surface area contributed by atoms with Crippen LogP contribution in [-0.2, 0) is 11.2 Å². The zero-order chi connectivity index (χ0) is 17.6. The molecule has 128 valence electrons. The molecule has 1 aromatic carbocycles. The van der Waals surface area contributed by atoms with Crippen LogP contribution in [0, 0.1) is 17.0 Å². The second-order valence-electron chi connectivity index (χ2n) is 7.27. The van der Waals surface area contributed by atoms with Crippen molar-refractivity contribution < 1.29 is 9.52 Å². The number of fused-ring (bicyclic) bond motifs is 2. The molecule has 1 unspecified atom stereocenters. The Bertz CT molecular complexity index is 881. The first-order chi connectivity index (χ1) is 12.1. The van der Waals surface area contributed by atoms with Crippen LogP contribution in [0.4, 0.5) is 0 Å². The number of carbonyl (C=O) groups is 1. The van der Waals surface area contributed by atoms with Crippen LogP contribution in [-0.4, -0.2) is 5.78 Å². The minimum atomic E-state index is 0.193. The average molecular weight is 333 g/mol. The molecule has 2 atom stereocenters. The van der Waals surface area contributed by atoms with Gasteiger partial charge in [0, 0.05) is 29.2 Å². The minimum Gasteiger partial charge on any atom is -0.618 e. The van der Waals surface area contributed by atoms with E-state index in [4.69, 9.17) is 0 Å². The fraction of sp³-hybridized carbons (Fsp3) is 0.364. The van der Waals surface area contributed by atoms with Gasteiger partial charge in [-0.1, -0.05) is 18.6 Å². The van der Waals surface area contributed by atoms with Gasteiger partial charge in [-0.05, 0) is 67.9 Å². The van der Waals surface area contributed by atoms with Gasteiger partial charge in [-0.3, -0.25) is 4.79 Å². The summed E-state index contributed by atoms with van der Waals surface area (Å²) in [6.07, 6.45) is 5.56. The van der Waals surface area contributed by atoms with Crippen LogP contribution < -0.4 is 4.73 Å². The summed E-state index contributed by atoms with van der Waals surface area (Å²) in [7, 11) is 0. The molecule has 2 bridgehead atoms. The number of hydrogen-bond acceptors (Lipinski definition) is 2. The third kappa shape index (κ3) is 2.58. The van der Waals surface area contributed by atoms with Crippen LogP contribution in [0.25, 0.3) is 16.8 Å². The number of rotatable bonds is 3. The molecule has 3 heteroatoms. The monoisotopic (exact) mass is 333 g/mol. The van der Waals surface area contributed by atoms with Gasteiger partial charge < -0.3 is 5.21 Å². The summed E-state index contributed by atoms with van der Waals surface area (Å²) in [6.45, 7) is 4.24. The second kappa shape index (κ2) is 6.14. The SMILES string of the molecule is CCc1ccc(-c2cccc[n+]2[O-])cc1C1=C(C)[C@H]2CCC(C2)C1=O. The molecule has 0 radical (unpaired) electrons. The fourth-order valence-corrected chi connectivity index (χ4v) is 4.49. The van der Waals surface area contributed by atoms with Crippen molar-refractivity contribution in [2.75, 3.05) is 0 Å². The Morgan fingerprint density at radius 3 is 2.72 bits per heavy atom. The Kier molecular flexibility index (Phi) is 3.95. The molecule has 1 saturated carbocycles. The number of aryl methyl sites for hydroxylation is 1. The minimum absolute atomic E-state index is 0.193. The van der Waals surface area contributed by atoms with Crippen molar-refractivity contribution in [1.29, 1.82) is 0 Å². The lowest BCUT2D eigenvalue weighted by Gasteiger charge is -2.25. The first-order valence-electron chi connectivity index (χ1n) is 9.17. The van der Waals surface area contributed by atoms with Crippen LogP contribution in [0.3, 0.4) is 0 Å². The number of hydrogen-bond donors (Lipinski definition) is 0. The number of allylic oxidation sites excluding steroid dienone is 2. The van der Waals surface area contributed by atoms with Crippen molar-refractivity contribution in [2.45, 2.75) is 39.5 Å². The smallest absolute Gasteiger partial charge is 0.223 e. The first-order valence-corrected chi connectivity index (χ1v) is 9.17. The van der Waals surface area contributed by atoms with Crippen LogP contribution in [0.15, 0.2) is 48.2 Å². The van der Waals surface area contributed by atoms with Crippen molar-refractivity contribution >= 4 is 11.4 Å². The van der Waals surface area contributed by atoms with Gasteiger partial charge in [-0.25, -0.2) is 0 Å². The number of nitrogens with zero attached hydrogens (tertiary/aromatic N) is 1. The molecule has 0 spiro atoms. The Hall–Kier alpha value is -2.42. The number of benzene rings is 1. The van der Waals surface area contributed by atoms with Crippen molar-refractivity contribution in [1.82, 2.24) is 0 Å². The summed E-state index contributed by atoms with van der Waals surface area (Å²) in [5, 5.41) is 12.1. The quantitative estimate of drug-likeness (QED) is 0.620. The molecule has 1 heterocycles. The van der Waals surface area contributed by atoms with Gasteiger partial charge in [0.05, 0.1) is 0 Å². The standard InChI is InChI=1S/C22H23NO2/c1-3-15-7-9-17(20-6-4-5-11-23(20)25)13-19(15)21-14(2)16-8-10-18(12-16)22(21)24/h4-7,9,11,13,16,18H,3,8,10,12H2,1-2H3/t16-,18?/m0/s1. The number of Topliss-reactive ketones (excluding diaryl/α,β-unsaturated/α-hetero) is 1. The molecule has 1 aromatic heterocycles. The van der Waals surface area contributed by atoms with Crippen LogP contribution >= 0.6 is 0 Å². The molecule has 0 N–H and O–H groups in total. The maximum absolute atomic E-state index is 13.1. The normalized spacial score (nSPS) is 22.6. The third-order valence-electron chi connectivity index (χ3n) is 5.94. The van der Waals surface area contributed by atoms with Crippen LogP contribution in [0.1, 0.15) is 44.2 Å². The molecule has 0 saturated heterocycles. The predicted octanol–water partition coefficient (Wildman–Crippen LogP) is 4.32. The molecule has 1 fully saturated rings. The molecular weight excluding hydrogens is 310 g/mol.